The first-order valence-electron chi connectivity index (χ1n) is 4.73. The fraction of sp³-hybridized carbons (Fsp3) is 0.0909. The molecule has 6 heteroatoms. The van der Waals surface area contributed by atoms with Gasteiger partial charge in [-0.15, -0.1) is 0 Å². The van der Waals surface area contributed by atoms with Crippen molar-refractivity contribution in [3.05, 3.63) is 53.6 Å². The molecule has 2 aromatic rings. The maximum atomic E-state index is 13.3. The number of Topliss-reactive ketones (excluding diaryl/α,β-unsaturated/α-hetero) is 1. The topological polar surface area (TPSA) is 34.9 Å². The maximum absolute atomic E-state index is 13.3. The van der Waals surface area contributed by atoms with Gasteiger partial charge in [-0.25, -0.2) is 13.2 Å². The lowest BCUT2D eigenvalue weighted by Gasteiger charge is -2.04. The third-order valence-electron chi connectivity index (χ3n) is 2.15. The lowest BCUT2D eigenvalue weighted by Crippen LogP contribution is -2.14. The van der Waals surface area contributed by atoms with Crippen molar-refractivity contribution in [1.29, 1.82) is 0 Å². The number of hydrogen-bond donors (Lipinski definition) is 0. The Morgan fingerprint density at radius 2 is 1.88 bits per heavy atom. The number of benzene rings is 1. The lowest BCUT2D eigenvalue weighted by atomic mass is 10.1. The second kappa shape index (κ2) is 4.40. The van der Waals surface area contributed by atoms with Gasteiger partial charge in [-0.05, 0) is 6.07 Å². The molecule has 0 amide bonds. The zero-order chi connectivity index (χ0) is 12.4. The summed E-state index contributed by atoms with van der Waals surface area (Å²) < 4.78 is 40.4. The van der Waals surface area contributed by atoms with Crippen LogP contribution < -0.4 is 0 Å². The van der Waals surface area contributed by atoms with Crippen LogP contribution in [0.1, 0.15) is 10.4 Å². The summed E-state index contributed by atoms with van der Waals surface area (Å²) in [6.45, 7) is -0.299. The molecule has 0 saturated heterocycles. The van der Waals surface area contributed by atoms with Gasteiger partial charge < -0.3 is 0 Å². The first-order valence-corrected chi connectivity index (χ1v) is 4.73. The van der Waals surface area contributed by atoms with Gasteiger partial charge in [-0.1, -0.05) is 0 Å². The van der Waals surface area contributed by atoms with Crippen LogP contribution in [0.25, 0.3) is 0 Å². The van der Waals surface area contributed by atoms with E-state index in [2.05, 4.69) is 5.10 Å². The van der Waals surface area contributed by atoms with Crippen LogP contribution in [0.3, 0.4) is 0 Å². The summed E-state index contributed by atoms with van der Waals surface area (Å²) in [7, 11) is 0. The number of ketones is 1. The van der Waals surface area contributed by atoms with Crippen LogP contribution in [0.5, 0.6) is 0 Å². The second-order valence-electron chi connectivity index (χ2n) is 3.37. The van der Waals surface area contributed by atoms with Crippen molar-refractivity contribution < 1.29 is 18.0 Å². The van der Waals surface area contributed by atoms with Crippen molar-refractivity contribution in [3.63, 3.8) is 0 Å². The molecule has 0 aliphatic heterocycles. The first kappa shape index (κ1) is 11.4. The molecular formula is C11H7F3N2O. The highest BCUT2D eigenvalue weighted by atomic mass is 19.1. The monoisotopic (exact) mass is 240 g/mol. The minimum atomic E-state index is -1.21. The Balaban J connectivity index is 2.31. The van der Waals surface area contributed by atoms with Gasteiger partial charge >= 0.3 is 0 Å². The Labute approximate surface area is 94.5 Å². The van der Waals surface area contributed by atoms with E-state index in [4.69, 9.17) is 0 Å². The Hall–Kier alpha value is -2.11. The molecule has 0 fully saturated rings. The standard InChI is InChI=1S/C11H7F3N2O/c12-7-4-8(13)11(9(14)5-7)10(17)6-16-3-1-2-15-16/h1-5H,6H2. The van der Waals surface area contributed by atoms with E-state index in [0.29, 0.717) is 12.1 Å². The quantitative estimate of drug-likeness (QED) is 0.771. The fourth-order valence-corrected chi connectivity index (χ4v) is 1.43. The van der Waals surface area contributed by atoms with E-state index in [-0.39, 0.29) is 6.54 Å². The molecule has 0 saturated carbocycles. The van der Waals surface area contributed by atoms with Crippen molar-refractivity contribution >= 4 is 5.78 Å². The molecule has 0 spiro atoms. The van der Waals surface area contributed by atoms with Gasteiger partial charge in [0.1, 0.15) is 24.0 Å². The van der Waals surface area contributed by atoms with Gasteiger partial charge in [0.2, 0.25) is 0 Å². The molecule has 3 nitrogen and oxygen atoms in total. The van der Waals surface area contributed by atoms with Gasteiger partial charge in [0.15, 0.2) is 5.78 Å². The molecule has 1 heterocycles. The van der Waals surface area contributed by atoms with E-state index in [9.17, 15) is 18.0 Å². The molecular weight excluding hydrogens is 233 g/mol. The lowest BCUT2D eigenvalue weighted by molar-refractivity contribution is 0.0959. The van der Waals surface area contributed by atoms with Crippen LogP contribution in [-0.2, 0) is 6.54 Å². The number of hydrogen-bond acceptors (Lipinski definition) is 2. The molecule has 1 aromatic heterocycles. The minimum Gasteiger partial charge on any atom is -0.292 e. The summed E-state index contributed by atoms with van der Waals surface area (Å²) in [5.74, 6) is -4.28. The molecule has 0 aliphatic carbocycles. The van der Waals surface area contributed by atoms with Crippen molar-refractivity contribution in [2.24, 2.45) is 0 Å². The summed E-state index contributed by atoms with van der Waals surface area (Å²) in [6.07, 6.45) is 2.92. The SMILES string of the molecule is O=C(Cn1cccn1)c1c(F)cc(F)cc1F. The molecule has 0 radical (unpaired) electrons. The number of rotatable bonds is 3. The summed E-state index contributed by atoms with van der Waals surface area (Å²) in [5.41, 5.74) is -0.748. The van der Waals surface area contributed by atoms with Gasteiger partial charge in [-0.2, -0.15) is 5.10 Å². The van der Waals surface area contributed by atoms with Crippen molar-refractivity contribution in [3.8, 4) is 0 Å². The minimum absolute atomic E-state index is 0.299. The van der Waals surface area contributed by atoms with Gasteiger partial charge in [0, 0.05) is 24.5 Å². The molecule has 2 rings (SSSR count). The summed E-state index contributed by atoms with van der Waals surface area (Å²) in [6, 6.07) is 2.52. The maximum Gasteiger partial charge on any atom is 0.190 e. The van der Waals surface area contributed by atoms with Crippen molar-refractivity contribution in [2.75, 3.05) is 0 Å². The molecule has 17 heavy (non-hydrogen) atoms. The third-order valence-corrected chi connectivity index (χ3v) is 2.15. The van der Waals surface area contributed by atoms with E-state index >= 15 is 0 Å². The molecule has 1 aromatic carbocycles. The average molecular weight is 240 g/mol. The third kappa shape index (κ3) is 2.35. The van der Waals surface area contributed by atoms with E-state index in [1.807, 2.05) is 0 Å². The highest BCUT2D eigenvalue weighted by Crippen LogP contribution is 2.15. The number of carbonyl (C=O) groups excluding carboxylic acids is 1. The van der Waals surface area contributed by atoms with E-state index in [1.165, 1.54) is 17.1 Å². The highest BCUT2D eigenvalue weighted by molar-refractivity contribution is 5.96. The summed E-state index contributed by atoms with van der Waals surface area (Å²) >= 11 is 0. The highest BCUT2D eigenvalue weighted by Gasteiger charge is 2.19. The smallest absolute Gasteiger partial charge is 0.190 e. The first-order chi connectivity index (χ1) is 8.08. The zero-order valence-electron chi connectivity index (χ0n) is 8.53. The number of aromatic nitrogens is 2. The molecule has 0 unspecified atom stereocenters. The Kier molecular flexibility index (Phi) is 2.95. The van der Waals surface area contributed by atoms with Crippen LogP contribution in [0.2, 0.25) is 0 Å². The number of halogens is 3. The average Bonchev–Trinajstić information content (AvgIpc) is 2.68. The summed E-state index contributed by atoms with van der Waals surface area (Å²) in [4.78, 5) is 11.6. The van der Waals surface area contributed by atoms with Crippen LogP contribution in [-0.4, -0.2) is 15.6 Å². The fourth-order valence-electron chi connectivity index (χ4n) is 1.43. The normalized spacial score (nSPS) is 10.5. The molecule has 0 bridgehead atoms. The van der Waals surface area contributed by atoms with Crippen LogP contribution in [0.15, 0.2) is 30.6 Å². The van der Waals surface area contributed by atoms with Gasteiger partial charge in [-0.3, -0.25) is 9.48 Å². The van der Waals surface area contributed by atoms with E-state index in [0.717, 1.165) is 0 Å². The molecule has 0 aliphatic rings. The second-order valence-corrected chi connectivity index (χ2v) is 3.37. The summed E-state index contributed by atoms with van der Waals surface area (Å²) in [5, 5.41) is 3.74. The zero-order valence-corrected chi connectivity index (χ0v) is 8.53. The van der Waals surface area contributed by atoms with Crippen LogP contribution in [0.4, 0.5) is 13.2 Å². The molecule has 88 valence electrons. The van der Waals surface area contributed by atoms with Crippen molar-refractivity contribution in [1.82, 2.24) is 9.78 Å². The number of nitrogens with zero attached hydrogens (tertiary/aromatic N) is 2. The van der Waals surface area contributed by atoms with Gasteiger partial charge in [0.25, 0.3) is 0 Å². The van der Waals surface area contributed by atoms with E-state index in [1.54, 1.807) is 6.07 Å². The van der Waals surface area contributed by atoms with Crippen LogP contribution in [0, 0.1) is 17.5 Å². The number of carbonyl (C=O) groups is 1. The molecule has 0 atom stereocenters. The Bertz CT molecular complexity index is 529. The van der Waals surface area contributed by atoms with E-state index < -0.39 is 28.8 Å². The Morgan fingerprint density at radius 3 is 2.41 bits per heavy atom. The predicted molar refractivity (Wildman–Crippen MR) is 52.9 cm³/mol. The molecule has 0 N–H and O–H groups in total. The largest absolute Gasteiger partial charge is 0.292 e. The van der Waals surface area contributed by atoms with Crippen molar-refractivity contribution in [2.45, 2.75) is 6.54 Å². The predicted octanol–water partition coefficient (Wildman–Crippen LogP) is 2.18. The Morgan fingerprint density at radius 1 is 1.24 bits per heavy atom. The van der Waals surface area contributed by atoms with Gasteiger partial charge in [0.05, 0.1) is 5.56 Å². The van der Waals surface area contributed by atoms with Crippen LogP contribution >= 0.6 is 0 Å².